The van der Waals surface area contributed by atoms with Gasteiger partial charge in [0.05, 0.1) is 0 Å². The monoisotopic (exact) mass is 219 g/mol. The molecule has 0 spiro atoms. The van der Waals surface area contributed by atoms with E-state index >= 15 is 0 Å². The average Bonchev–Trinajstić information content (AvgIpc) is 2.79. The Morgan fingerprint density at radius 3 is 1.56 bits per heavy atom. The number of aromatic nitrogens is 1. The van der Waals surface area contributed by atoms with Gasteiger partial charge in [-0.2, -0.15) is 0 Å². The maximum atomic E-state index is 2.43. The standard InChI is InChI=1S/C15H25N/c1-2-4-6-8-12-15(11-7-5-3-1)16-13-9-10-14-16/h9-10,13-15H,1-8,11-12H2. The molecule has 16 heavy (non-hydrogen) atoms. The molecule has 1 aromatic rings. The zero-order valence-electron chi connectivity index (χ0n) is 10.4. The first-order valence-corrected chi connectivity index (χ1v) is 7.09. The van der Waals surface area contributed by atoms with E-state index < -0.39 is 0 Å². The summed E-state index contributed by atoms with van der Waals surface area (Å²) in [6.45, 7) is 0. The molecule has 0 amide bonds. The second-order valence-electron chi connectivity index (χ2n) is 5.19. The highest BCUT2D eigenvalue weighted by molar-refractivity contribution is 4.93. The van der Waals surface area contributed by atoms with Crippen LogP contribution in [0.1, 0.15) is 70.3 Å². The van der Waals surface area contributed by atoms with Gasteiger partial charge in [0.2, 0.25) is 0 Å². The number of hydrogen-bond acceptors (Lipinski definition) is 0. The van der Waals surface area contributed by atoms with Crippen molar-refractivity contribution in [1.82, 2.24) is 4.57 Å². The second kappa shape index (κ2) is 6.78. The molecule has 1 heterocycles. The highest BCUT2D eigenvalue weighted by atomic mass is 15.0. The highest BCUT2D eigenvalue weighted by Crippen LogP contribution is 2.24. The van der Waals surface area contributed by atoms with Gasteiger partial charge in [-0.1, -0.05) is 51.4 Å². The number of nitrogens with zero attached hydrogens (tertiary/aromatic N) is 1. The molecule has 1 fully saturated rings. The lowest BCUT2D eigenvalue weighted by atomic mass is 10.0. The Balaban J connectivity index is 1.88. The lowest BCUT2D eigenvalue weighted by Crippen LogP contribution is -2.06. The first-order chi connectivity index (χ1) is 7.97. The summed E-state index contributed by atoms with van der Waals surface area (Å²) >= 11 is 0. The summed E-state index contributed by atoms with van der Waals surface area (Å²) in [5, 5.41) is 0. The summed E-state index contributed by atoms with van der Waals surface area (Å²) in [5.74, 6) is 0. The van der Waals surface area contributed by atoms with E-state index in [1.165, 1.54) is 64.2 Å². The molecule has 0 aromatic carbocycles. The van der Waals surface area contributed by atoms with E-state index in [1.54, 1.807) is 0 Å². The molecule has 0 saturated heterocycles. The molecule has 0 unspecified atom stereocenters. The van der Waals surface area contributed by atoms with Gasteiger partial charge >= 0.3 is 0 Å². The Bertz CT molecular complexity index is 251. The zero-order valence-corrected chi connectivity index (χ0v) is 10.4. The summed E-state index contributed by atoms with van der Waals surface area (Å²) in [4.78, 5) is 0. The van der Waals surface area contributed by atoms with Crippen LogP contribution in [0.4, 0.5) is 0 Å². The molecule has 0 radical (unpaired) electrons. The van der Waals surface area contributed by atoms with Gasteiger partial charge in [0.25, 0.3) is 0 Å². The van der Waals surface area contributed by atoms with E-state index in [1.807, 2.05) is 0 Å². The van der Waals surface area contributed by atoms with Gasteiger partial charge in [0.1, 0.15) is 0 Å². The fraction of sp³-hybridized carbons (Fsp3) is 0.733. The van der Waals surface area contributed by atoms with Crippen LogP contribution in [-0.2, 0) is 0 Å². The second-order valence-corrected chi connectivity index (χ2v) is 5.19. The Morgan fingerprint density at radius 1 is 0.625 bits per heavy atom. The molecule has 1 nitrogen and oxygen atoms in total. The molecule has 1 aliphatic carbocycles. The first kappa shape index (κ1) is 11.8. The van der Waals surface area contributed by atoms with E-state index in [9.17, 15) is 0 Å². The first-order valence-electron chi connectivity index (χ1n) is 7.09. The number of hydrogen-bond donors (Lipinski definition) is 0. The van der Waals surface area contributed by atoms with Crippen LogP contribution in [0.25, 0.3) is 0 Å². The van der Waals surface area contributed by atoms with Crippen LogP contribution in [0.5, 0.6) is 0 Å². The molecule has 1 saturated carbocycles. The minimum absolute atomic E-state index is 0.771. The Hall–Kier alpha value is -0.720. The molecule has 1 aliphatic rings. The van der Waals surface area contributed by atoms with E-state index in [0.29, 0.717) is 0 Å². The molecule has 1 aromatic heterocycles. The van der Waals surface area contributed by atoms with Crippen molar-refractivity contribution in [3.8, 4) is 0 Å². The Morgan fingerprint density at radius 2 is 1.06 bits per heavy atom. The third-order valence-electron chi connectivity index (χ3n) is 3.87. The molecule has 90 valence electrons. The van der Waals surface area contributed by atoms with Gasteiger partial charge in [0, 0.05) is 18.4 Å². The lowest BCUT2D eigenvalue weighted by Gasteiger charge is -2.18. The van der Waals surface area contributed by atoms with Gasteiger partial charge in [-0.3, -0.25) is 0 Å². The predicted octanol–water partition coefficient (Wildman–Crippen LogP) is 4.94. The Labute approximate surface area is 99.9 Å². The maximum absolute atomic E-state index is 2.43. The normalized spacial score (nSPS) is 21.5. The van der Waals surface area contributed by atoms with Crippen molar-refractivity contribution in [3.05, 3.63) is 24.5 Å². The lowest BCUT2D eigenvalue weighted by molar-refractivity contribution is 0.405. The molecule has 0 atom stereocenters. The largest absolute Gasteiger partial charge is 0.351 e. The summed E-state index contributed by atoms with van der Waals surface area (Å²) in [6, 6.07) is 5.09. The SMILES string of the molecule is c1ccn(C2CCCCCCCCCC2)c1. The third-order valence-corrected chi connectivity index (χ3v) is 3.87. The van der Waals surface area contributed by atoms with Crippen LogP contribution in [-0.4, -0.2) is 4.57 Å². The summed E-state index contributed by atoms with van der Waals surface area (Å²) in [7, 11) is 0. The van der Waals surface area contributed by atoms with Gasteiger partial charge in [-0.25, -0.2) is 0 Å². The van der Waals surface area contributed by atoms with Crippen LogP contribution in [0, 0.1) is 0 Å². The average molecular weight is 219 g/mol. The van der Waals surface area contributed by atoms with Crippen LogP contribution >= 0.6 is 0 Å². The van der Waals surface area contributed by atoms with Gasteiger partial charge < -0.3 is 4.57 Å². The van der Waals surface area contributed by atoms with Crippen LogP contribution in [0.3, 0.4) is 0 Å². The van der Waals surface area contributed by atoms with Crippen molar-refractivity contribution in [3.63, 3.8) is 0 Å². The van der Waals surface area contributed by atoms with Crippen LogP contribution < -0.4 is 0 Å². The molecule has 0 N–H and O–H groups in total. The van der Waals surface area contributed by atoms with Gasteiger partial charge in [0.15, 0.2) is 0 Å². The van der Waals surface area contributed by atoms with Crippen molar-refractivity contribution in [1.29, 1.82) is 0 Å². The molecule has 1 heteroatoms. The third kappa shape index (κ3) is 3.70. The van der Waals surface area contributed by atoms with Crippen LogP contribution in [0.15, 0.2) is 24.5 Å². The van der Waals surface area contributed by atoms with Crippen molar-refractivity contribution >= 4 is 0 Å². The fourth-order valence-corrected chi connectivity index (χ4v) is 2.85. The van der Waals surface area contributed by atoms with Crippen molar-refractivity contribution in [2.75, 3.05) is 0 Å². The molecule has 2 rings (SSSR count). The topological polar surface area (TPSA) is 4.93 Å². The predicted molar refractivity (Wildman–Crippen MR) is 69.6 cm³/mol. The van der Waals surface area contributed by atoms with E-state index in [-0.39, 0.29) is 0 Å². The van der Waals surface area contributed by atoms with E-state index in [4.69, 9.17) is 0 Å². The van der Waals surface area contributed by atoms with Crippen molar-refractivity contribution in [2.24, 2.45) is 0 Å². The zero-order chi connectivity index (χ0) is 11.1. The molecular formula is C15H25N. The van der Waals surface area contributed by atoms with Crippen molar-refractivity contribution < 1.29 is 0 Å². The van der Waals surface area contributed by atoms with Crippen LogP contribution in [0.2, 0.25) is 0 Å². The smallest absolute Gasteiger partial charge is 0.0330 e. The molecule has 0 bridgehead atoms. The summed E-state index contributed by atoms with van der Waals surface area (Å²) in [6.07, 6.45) is 18.8. The van der Waals surface area contributed by atoms with Crippen molar-refractivity contribution in [2.45, 2.75) is 70.3 Å². The maximum Gasteiger partial charge on any atom is 0.0330 e. The van der Waals surface area contributed by atoms with E-state index in [0.717, 1.165) is 6.04 Å². The number of rotatable bonds is 1. The minimum atomic E-state index is 0.771. The Kier molecular flexibility index (Phi) is 4.98. The summed E-state index contributed by atoms with van der Waals surface area (Å²) < 4.78 is 2.43. The van der Waals surface area contributed by atoms with E-state index in [2.05, 4.69) is 29.1 Å². The van der Waals surface area contributed by atoms with Gasteiger partial charge in [-0.05, 0) is 25.0 Å². The van der Waals surface area contributed by atoms with Gasteiger partial charge in [-0.15, -0.1) is 0 Å². The summed E-state index contributed by atoms with van der Waals surface area (Å²) in [5.41, 5.74) is 0. The minimum Gasteiger partial charge on any atom is -0.351 e. The highest BCUT2D eigenvalue weighted by Gasteiger charge is 2.10. The molecular weight excluding hydrogens is 194 g/mol. The fourth-order valence-electron chi connectivity index (χ4n) is 2.85. The molecule has 0 aliphatic heterocycles. The quantitative estimate of drug-likeness (QED) is 0.630.